The number of fused-ring (bicyclic) bond motifs is 2. The molecule has 0 spiro atoms. The first-order chi connectivity index (χ1) is 10.3. The highest BCUT2D eigenvalue weighted by atomic mass is 16.5. The topological polar surface area (TPSA) is 38.7 Å². The van der Waals surface area contributed by atoms with Crippen molar-refractivity contribution < 1.29 is 14.6 Å². The molecule has 1 aliphatic carbocycles. The summed E-state index contributed by atoms with van der Waals surface area (Å²) in [7, 11) is 0. The maximum atomic E-state index is 9.70. The summed E-state index contributed by atoms with van der Waals surface area (Å²) in [5.41, 5.74) is 5.01. The molecule has 0 radical (unpaired) electrons. The molecule has 0 amide bonds. The molecule has 0 fully saturated rings. The van der Waals surface area contributed by atoms with Crippen molar-refractivity contribution in [3.8, 4) is 11.5 Å². The van der Waals surface area contributed by atoms with E-state index < -0.39 is 6.10 Å². The number of aryl methyl sites for hydroxylation is 2. The van der Waals surface area contributed by atoms with Gasteiger partial charge in [-0.1, -0.05) is 18.2 Å². The molecule has 1 N–H and O–H groups in total. The molecule has 0 saturated carbocycles. The third-order valence-electron chi connectivity index (χ3n) is 4.31. The SMILES string of the molecule is OC1COc2cc(OCc3ccc4c(c3)CCC4)ccc21. The highest BCUT2D eigenvalue weighted by molar-refractivity contribution is 5.44. The minimum atomic E-state index is -0.509. The third-order valence-corrected chi connectivity index (χ3v) is 4.31. The van der Waals surface area contributed by atoms with Gasteiger partial charge in [0.15, 0.2) is 0 Å². The van der Waals surface area contributed by atoms with Crippen LogP contribution in [0.1, 0.15) is 34.8 Å². The number of hydrogen-bond donors (Lipinski definition) is 1. The first-order valence-corrected chi connectivity index (χ1v) is 7.48. The fraction of sp³-hybridized carbons (Fsp3) is 0.333. The number of hydrogen-bond acceptors (Lipinski definition) is 3. The Kier molecular flexibility index (Phi) is 3.08. The minimum absolute atomic E-state index is 0.337. The minimum Gasteiger partial charge on any atom is -0.490 e. The molecule has 21 heavy (non-hydrogen) atoms. The monoisotopic (exact) mass is 282 g/mol. The maximum absolute atomic E-state index is 9.70. The van der Waals surface area contributed by atoms with E-state index in [1.807, 2.05) is 18.2 Å². The average Bonchev–Trinajstić information content (AvgIpc) is 3.11. The van der Waals surface area contributed by atoms with Crippen LogP contribution in [0.3, 0.4) is 0 Å². The summed E-state index contributed by atoms with van der Waals surface area (Å²) in [5.74, 6) is 1.51. The van der Waals surface area contributed by atoms with Crippen LogP contribution in [-0.4, -0.2) is 11.7 Å². The van der Waals surface area contributed by atoms with Gasteiger partial charge < -0.3 is 14.6 Å². The van der Waals surface area contributed by atoms with E-state index in [0.717, 1.165) is 17.1 Å². The van der Waals surface area contributed by atoms with Gasteiger partial charge in [-0.25, -0.2) is 0 Å². The molecule has 0 saturated heterocycles. The normalized spacial score (nSPS) is 19.0. The number of ether oxygens (including phenoxy) is 2. The zero-order chi connectivity index (χ0) is 14.2. The molecule has 0 aromatic heterocycles. The second kappa shape index (κ2) is 5.08. The number of rotatable bonds is 3. The zero-order valence-corrected chi connectivity index (χ0v) is 11.8. The smallest absolute Gasteiger partial charge is 0.129 e. The lowest BCUT2D eigenvalue weighted by atomic mass is 10.1. The average molecular weight is 282 g/mol. The number of aliphatic hydroxyl groups excluding tert-OH is 1. The van der Waals surface area contributed by atoms with Gasteiger partial charge in [0.25, 0.3) is 0 Å². The molecule has 108 valence electrons. The fourth-order valence-electron chi connectivity index (χ4n) is 3.14. The molecule has 0 bridgehead atoms. The lowest BCUT2D eigenvalue weighted by molar-refractivity contribution is 0.140. The van der Waals surface area contributed by atoms with Crippen LogP contribution >= 0.6 is 0 Å². The second-order valence-corrected chi connectivity index (χ2v) is 5.77. The van der Waals surface area contributed by atoms with Crippen LogP contribution in [0, 0.1) is 0 Å². The number of benzene rings is 2. The Labute approximate surface area is 124 Å². The van der Waals surface area contributed by atoms with Crippen LogP contribution in [0.25, 0.3) is 0 Å². The van der Waals surface area contributed by atoms with Gasteiger partial charge in [-0.15, -0.1) is 0 Å². The van der Waals surface area contributed by atoms with Crippen LogP contribution in [0.5, 0.6) is 11.5 Å². The highest BCUT2D eigenvalue weighted by Gasteiger charge is 2.22. The van der Waals surface area contributed by atoms with Crippen LogP contribution in [-0.2, 0) is 19.4 Å². The van der Waals surface area contributed by atoms with E-state index in [9.17, 15) is 5.11 Å². The zero-order valence-electron chi connectivity index (χ0n) is 11.8. The molecular formula is C18H18O3. The van der Waals surface area contributed by atoms with E-state index >= 15 is 0 Å². The van der Waals surface area contributed by atoms with Gasteiger partial charge in [0.05, 0.1) is 0 Å². The van der Waals surface area contributed by atoms with E-state index in [0.29, 0.717) is 13.2 Å². The molecule has 2 aliphatic rings. The lowest BCUT2D eigenvalue weighted by Gasteiger charge is -2.09. The van der Waals surface area contributed by atoms with Crippen molar-refractivity contribution in [1.29, 1.82) is 0 Å². The number of aliphatic hydroxyl groups is 1. The van der Waals surface area contributed by atoms with Crippen LogP contribution in [0.4, 0.5) is 0 Å². The molecular weight excluding hydrogens is 264 g/mol. The van der Waals surface area contributed by atoms with Gasteiger partial charge >= 0.3 is 0 Å². The van der Waals surface area contributed by atoms with Crippen molar-refractivity contribution in [1.82, 2.24) is 0 Å². The molecule has 1 atom stereocenters. The van der Waals surface area contributed by atoms with E-state index in [4.69, 9.17) is 9.47 Å². The van der Waals surface area contributed by atoms with Crippen molar-refractivity contribution in [2.75, 3.05) is 6.61 Å². The molecule has 1 unspecified atom stereocenters. The molecule has 3 heteroatoms. The quantitative estimate of drug-likeness (QED) is 0.939. The van der Waals surface area contributed by atoms with Crippen molar-refractivity contribution in [2.24, 2.45) is 0 Å². The standard InChI is InChI=1S/C18H18O3/c19-17-11-21-18-9-15(6-7-16(17)18)20-10-12-4-5-13-2-1-3-14(13)8-12/h4-9,17,19H,1-3,10-11H2. The summed E-state index contributed by atoms with van der Waals surface area (Å²) >= 11 is 0. The summed E-state index contributed by atoms with van der Waals surface area (Å²) in [6, 6.07) is 12.3. The first-order valence-electron chi connectivity index (χ1n) is 7.48. The molecule has 2 aromatic rings. The Bertz CT molecular complexity index is 678. The molecule has 3 nitrogen and oxygen atoms in total. The van der Waals surface area contributed by atoms with Gasteiger partial charge in [-0.2, -0.15) is 0 Å². The third kappa shape index (κ3) is 2.38. The Morgan fingerprint density at radius 3 is 2.95 bits per heavy atom. The van der Waals surface area contributed by atoms with Gasteiger partial charge in [-0.3, -0.25) is 0 Å². The largest absolute Gasteiger partial charge is 0.490 e. The van der Waals surface area contributed by atoms with Gasteiger partial charge in [0.2, 0.25) is 0 Å². The lowest BCUT2D eigenvalue weighted by Crippen LogP contribution is -1.97. The Morgan fingerprint density at radius 1 is 1.10 bits per heavy atom. The summed E-state index contributed by atoms with van der Waals surface area (Å²) in [6.45, 7) is 0.901. The van der Waals surface area contributed by atoms with E-state index in [-0.39, 0.29) is 0 Å². The van der Waals surface area contributed by atoms with E-state index in [1.54, 1.807) is 0 Å². The highest BCUT2D eigenvalue weighted by Crippen LogP contribution is 2.35. The first kappa shape index (κ1) is 12.7. The predicted octanol–water partition coefficient (Wildman–Crippen LogP) is 3.18. The Morgan fingerprint density at radius 2 is 2.00 bits per heavy atom. The molecule has 2 aromatic carbocycles. The second-order valence-electron chi connectivity index (χ2n) is 5.77. The van der Waals surface area contributed by atoms with Crippen molar-refractivity contribution in [3.05, 3.63) is 58.7 Å². The van der Waals surface area contributed by atoms with Crippen LogP contribution in [0.15, 0.2) is 36.4 Å². The maximum Gasteiger partial charge on any atom is 0.129 e. The van der Waals surface area contributed by atoms with Crippen LogP contribution in [0.2, 0.25) is 0 Å². The van der Waals surface area contributed by atoms with Gasteiger partial charge in [0.1, 0.15) is 30.8 Å². The fourth-order valence-corrected chi connectivity index (χ4v) is 3.14. The predicted molar refractivity (Wildman–Crippen MR) is 79.7 cm³/mol. The van der Waals surface area contributed by atoms with Crippen LogP contribution < -0.4 is 9.47 Å². The van der Waals surface area contributed by atoms with Crippen molar-refractivity contribution in [2.45, 2.75) is 32.0 Å². The van der Waals surface area contributed by atoms with Crippen molar-refractivity contribution in [3.63, 3.8) is 0 Å². The molecule has 4 rings (SSSR count). The van der Waals surface area contributed by atoms with Gasteiger partial charge in [-0.05, 0) is 48.1 Å². The van der Waals surface area contributed by atoms with E-state index in [2.05, 4.69) is 18.2 Å². The molecule has 1 aliphatic heterocycles. The van der Waals surface area contributed by atoms with Gasteiger partial charge in [0, 0.05) is 11.6 Å². The Balaban J connectivity index is 1.47. The van der Waals surface area contributed by atoms with Crippen molar-refractivity contribution >= 4 is 0 Å². The Hall–Kier alpha value is -2.00. The summed E-state index contributed by atoms with van der Waals surface area (Å²) in [5, 5.41) is 9.70. The summed E-state index contributed by atoms with van der Waals surface area (Å²) < 4.78 is 11.3. The molecule has 1 heterocycles. The summed E-state index contributed by atoms with van der Waals surface area (Å²) in [6.07, 6.45) is 3.16. The summed E-state index contributed by atoms with van der Waals surface area (Å²) in [4.78, 5) is 0. The van der Waals surface area contributed by atoms with E-state index in [1.165, 1.54) is 36.0 Å².